The quantitative estimate of drug-likeness (QED) is 0.620. The van der Waals surface area contributed by atoms with E-state index >= 15 is 0 Å². The van der Waals surface area contributed by atoms with Crippen molar-refractivity contribution in [2.24, 2.45) is 0 Å². The molecule has 1 N–H and O–H groups in total. The van der Waals surface area contributed by atoms with Crippen molar-refractivity contribution in [3.63, 3.8) is 0 Å². The van der Waals surface area contributed by atoms with Gasteiger partial charge in [-0.15, -0.1) is 0 Å². The largest absolute Gasteiger partial charge is 0.465 e. The van der Waals surface area contributed by atoms with Crippen LogP contribution in [0.3, 0.4) is 0 Å². The number of sulfonamides is 1. The number of ether oxygens (including phenoxy) is 2. The van der Waals surface area contributed by atoms with E-state index < -0.39 is 33.8 Å². The maximum Gasteiger partial charge on any atom is 0.323 e. The number of nitrogens with one attached hydrogen (secondary N) is 1. The van der Waals surface area contributed by atoms with Gasteiger partial charge in [0.05, 0.1) is 13.2 Å². The molecular formula is C9H17NO6S. The van der Waals surface area contributed by atoms with Crippen molar-refractivity contribution in [1.82, 2.24) is 4.72 Å². The van der Waals surface area contributed by atoms with Crippen molar-refractivity contribution < 1.29 is 27.5 Å². The fourth-order valence-corrected chi connectivity index (χ4v) is 2.10. The SMILES string of the molecule is CCOC(=O)CS(=O)(=O)NC(C)C(=O)OCC. The molecular weight excluding hydrogens is 250 g/mol. The van der Waals surface area contributed by atoms with Crippen LogP contribution in [-0.4, -0.2) is 45.4 Å². The normalized spacial score (nSPS) is 12.9. The number of carbonyl (C=O) groups excluding carboxylic acids is 2. The third-order valence-electron chi connectivity index (χ3n) is 1.61. The molecule has 0 spiro atoms. The highest BCUT2D eigenvalue weighted by atomic mass is 32.2. The molecule has 0 saturated heterocycles. The van der Waals surface area contributed by atoms with E-state index in [1.165, 1.54) is 6.92 Å². The molecule has 7 nitrogen and oxygen atoms in total. The molecule has 0 aromatic carbocycles. The van der Waals surface area contributed by atoms with Crippen LogP contribution in [0.4, 0.5) is 0 Å². The van der Waals surface area contributed by atoms with Crippen molar-refractivity contribution in [3.05, 3.63) is 0 Å². The lowest BCUT2D eigenvalue weighted by molar-refractivity contribution is -0.145. The minimum absolute atomic E-state index is 0.0990. The van der Waals surface area contributed by atoms with Gasteiger partial charge in [0.15, 0.2) is 5.75 Å². The van der Waals surface area contributed by atoms with Crippen molar-refractivity contribution >= 4 is 22.0 Å². The summed E-state index contributed by atoms with van der Waals surface area (Å²) in [6, 6.07) is -1.03. The van der Waals surface area contributed by atoms with E-state index in [1.807, 2.05) is 4.72 Å². The Bertz CT molecular complexity index is 364. The first-order valence-electron chi connectivity index (χ1n) is 5.14. The molecule has 0 aromatic rings. The zero-order valence-corrected chi connectivity index (χ0v) is 10.9. The van der Waals surface area contributed by atoms with Crippen molar-refractivity contribution in [1.29, 1.82) is 0 Å². The van der Waals surface area contributed by atoms with E-state index in [4.69, 9.17) is 0 Å². The fourth-order valence-electron chi connectivity index (χ4n) is 0.984. The lowest BCUT2D eigenvalue weighted by Gasteiger charge is -2.12. The Balaban J connectivity index is 4.35. The van der Waals surface area contributed by atoms with Gasteiger partial charge < -0.3 is 9.47 Å². The highest BCUT2D eigenvalue weighted by Crippen LogP contribution is 1.94. The topological polar surface area (TPSA) is 98.8 Å². The maximum absolute atomic E-state index is 11.4. The lowest BCUT2D eigenvalue weighted by Crippen LogP contribution is -2.42. The molecule has 100 valence electrons. The number of rotatable bonds is 7. The van der Waals surface area contributed by atoms with Gasteiger partial charge in [0.25, 0.3) is 0 Å². The molecule has 0 aliphatic carbocycles. The minimum Gasteiger partial charge on any atom is -0.465 e. The van der Waals surface area contributed by atoms with Gasteiger partial charge in [-0.3, -0.25) is 9.59 Å². The van der Waals surface area contributed by atoms with Crippen molar-refractivity contribution in [2.75, 3.05) is 19.0 Å². The average molecular weight is 267 g/mol. The summed E-state index contributed by atoms with van der Waals surface area (Å²) in [6.45, 7) is 4.77. The van der Waals surface area contributed by atoms with Crippen LogP contribution in [0.25, 0.3) is 0 Å². The van der Waals surface area contributed by atoms with E-state index in [-0.39, 0.29) is 13.2 Å². The number of hydrogen-bond donors (Lipinski definition) is 1. The smallest absolute Gasteiger partial charge is 0.323 e. The summed E-state index contributed by atoms with van der Waals surface area (Å²) in [5, 5.41) is 0. The van der Waals surface area contributed by atoms with Crippen LogP contribution >= 0.6 is 0 Å². The molecule has 8 heteroatoms. The lowest BCUT2D eigenvalue weighted by atomic mass is 10.4. The van der Waals surface area contributed by atoms with Gasteiger partial charge in [-0.05, 0) is 20.8 Å². The second-order valence-corrected chi connectivity index (χ2v) is 4.91. The van der Waals surface area contributed by atoms with Crippen LogP contribution in [0.5, 0.6) is 0 Å². The molecule has 0 heterocycles. The van der Waals surface area contributed by atoms with Crippen LogP contribution in [0, 0.1) is 0 Å². The van der Waals surface area contributed by atoms with E-state index in [9.17, 15) is 18.0 Å². The van der Waals surface area contributed by atoms with Gasteiger partial charge >= 0.3 is 11.9 Å². The molecule has 0 bridgehead atoms. The maximum atomic E-state index is 11.4. The van der Waals surface area contributed by atoms with Crippen LogP contribution in [0.15, 0.2) is 0 Å². The Morgan fingerprint density at radius 2 is 1.71 bits per heavy atom. The Morgan fingerprint density at radius 1 is 1.18 bits per heavy atom. The monoisotopic (exact) mass is 267 g/mol. The summed E-state index contributed by atoms with van der Waals surface area (Å²) in [5.74, 6) is -2.37. The summed E-state index contributed by atoms with van der Waals surface area (Å²) in [7, 11) is -3.89. The first-order chi connectivity index (χ1) is 7.82. The van der Waals surface area contributed by atoms with Crippen LogP contribution in [0.2, 0.25) is 0 Å². The molecule has 17 heavy (non-hydrogen) atoms. The predicted octanol–water partition coefficient (Wildman–Crippen LogP) is -0.579. The summed E-state index contributed by atoms with van der Waals surface area (Å²) in [6.07, 6.45) is 0. The van der Waals surface area contributed by atoms with E-state index in [0.717, 1.165) is 0 Å². The van der Waals surface area contributed by atoms with Gasteiger partial charge in [-0.1, -0.05) is 0 Å². The molecule has 1 atom stereocenters. The predicted molar refractivity (Wildman–Crippen MR) is 59.7 cm³/mol. The summed E-state index contributed by atoms with van der Waals surface area (Å²) >= 11 is 0. The number of esters is 2. The Kier molecular flexibility index (Phi) is 6.74. The number of carbonyl (C=O) groups is 2. The second-order valence-electron chi connectivity index (χ2n) is 3.16. The average Bonchev–Trinajstić information content (AvgIpc) is 2.16. The standard InChI is InChI=1S/C9H17NO6S/c1-4-15-8(11)6-17(13,14)10-7(3)9(12)16-5-2/h7,10H,4-6H2,1-3H3. The van der Waals surface area contributed by atoms with Crippen LogP contribution < -0.4 is 4.72 Å². The molecule has 0 rings (SSSR count). The molecule has 0 radical (unpaired) electrons. The van der Waals surface area contributed by atoms with E-state index in [1.54, 1.807) is 13.8 Å². The van der Waals surface area contributed by atoms with Gasteiger partial charge in [0, 0.05) is 0 Å². The summed E-state index contributed by atoms with van der Waals surface area (Å²) < 4.78 is 34.0. The molecule has 0 saturated carbocycles. The van der Waals surface area contributed by atoms with Gasteiger partial charge in [-0.2, -0.15) is 0 Å². The zero-order chi connectivity index (χ0) is 13.5. The summed E-state index contributed by atoms with van der Waals surface area (Å²) in [5.41, 5.74) is 0. The van der Waals surface area contributed by atoms with Crippen LogP contribution in [0.1, 0.15) is 20.8 Å². The van der Waals surface area contributed by atoms with Crippen molar-refractivity contribution in [2.45, 2.75) is 26.8 Å². The zero-order valence-electron chi connectivity index (χ0n) is 10.1. The van der Waals surface area contributed by atoms with E-state index in [0.29, 0.717) is 0 Å². The molecule has 1 unspecified atom stereocenters. The Labute approximate surface area is 101 Å². The highest BCUT2D eigenvalue weighted by Gasteiger charge is 2.24. The first kappa shape index (κ1) is 15.9. The molecule has 0 aromatic heterocycles. The first-order valence-corrected chi connectivity index (χ1v) is 6.79. The van der Waals surface area contributed by atoms with E-state index in [2.05, 4.69) is 9.47 Å². The molecule has 0 amide bonds. The highest BCUT2D eigenvalue weighted by molar-refractivity contribution is 7.90. The Hall–Kier alpha value is -1.15. The third kappa shape index (κ3) is 6.90. The van der Waals surface area contributed by atoms with Gasteiger partial charge in [-0.25, -0.2) is 13.1 Å². The van der Waals surface area contributed by atoms with Gasteiger partial charge in [0.2, 0.25) is 10.0 Å². The Morgan fingerprint density at radius 3 is 2.18 bits per heavy atom. The summed E-state index contributed by atoms with van der Waals surface area (Å²) in [4.78, 5) is 22.1. The third-order valence-corrected chi connectivity index (χ3v) is 2.94. The molecule has 0 aliphatic rings. The molecule has 0 fully saturated rings. The molecule has 0 aliphatic heterocycles. The minimum atomic E-state index is -3.89. The van der Waals surface area contributed by atoms with Crippen molar-refractivity contribution in [3.8, 4) is 0 Å². The fraction of sp³-hybridized carbons (Fsp3) is 0.778. The number of hydrogen-bond acceptors (Lipinski definition) is 6. The van der Waals surface area contributed by atoms with Crippen LogP contribution in [-0.2, 0) is 29.1 Å². The second kappa shape index (κ2) is 7.23. The van der Waals surface area contributed by atoms with Gasteiger partial charge in [0.1, 0.15) is 6.04 Å².